The van der Waals surface area contributed by atoms with Crippen molar-refractivity contribution in [2.75, 3.05) is 20.8 Å². The van der Waals surface area contributed by atoms with E-state index in [0.29, 0.717) is 28.4 Å². The van der Waals surface area contributed by atoms with E-state index in [1.54, 1.807) is 49.6 Å². The largest absolute Gasteiger partial charge is 0.493 e. The van der Waals surface area contributed by atoms with Crippen molar-refractivity contribution >= 4 is 12.1 Å². The van der Waals surface area contributed by atoms with Gasteiger partial charge in [0.1, 0.15) is 5.75 Å². The van der Waals surface area contributed by atoms with Crippen LogP contribution in [0.3, 0.4) is 0 Å². The Labute approximate surface area is 180 Å². The summed E-state index contributed by atoms with van der Waals surface area (Å²) in [6, 6.07) is 22.1. The van der Waals surface area contributed by atoms with Crippen LogP contribution in [0.5, 0.6) is 17.2 Å². The van der Waals surface area contributed by atoms with Crippen molar-refractivity contribution in [3.05, 3.63) is 77.9 Å². The number of methoxy groups -OCH3 is 2. The summed E-state index contributed by atoms with van der Waals surface area (Å²) in [6.45, 7) is -0.178. The molecule has 31 heavy (non-hydrogen) atoms. The van der Waals surface area contributed by atoms with Gasteiger partial charge >= 0.3 is 0 Å². The lowest BCUT2D eigenvalue weighted by molar-refractivity contribution is -0.123. The Kier molecular flexibility index (Phi) is 7.22. The number of hydrazone groups is 1. The number of nitrogens with zero attached hydrogens (tertiary/aromatic N) is 2. The zero-order valence-corrected chi connectivity index (χ0v) is 17.2. The quantitative estimate of drug-likeness (QED) is 0.447. The zero-order valence-electron chi connectivity index (χ0n) is 17.2. The highest BCUT2D eigenvalue weighted by Crippen LogP contribution is 2.29. The van der Waals surface area contributed by atoms with Crippen LogP contribution in [0.1, 0.15) is 11.1 Å². The number of nitriles is 1. The monoisotopic (exact) mass is 415 g/mol. The fourth-order valence-corrected chi connectivity index (χ4v) is 2.85. The summed E-state index contributed by atoms with van der Waals surface area (Å²) < 4.78 is 16.1. The van der Waals surface area contributed by atoms with Crippen LogP contribution in [0.15, 0.2) is 71.8 Å². The van der Waals surface area contributed by atoms with Crippen molar-refractivity contribution in [1.82, 2.24) is 5.43 Å². The predicted molar refractivity (Wildman–Crippen MR) is 117 cm³/mol. The number of carbonyl (C=O) groups is 1. The van der Waals surface area contributed by atoms with Crippen LogP contribution >= 0.6 is 0 Å². The van der Waals surface area contributed by atoms with Crippen molar-refractivity contribution in [3.63, 3.8) is 0 Å². The molecule has 0 unspecified atom stereocenters. The molecule has 0 aliphatic heterocycles. The summed E-state index contributed by atoms with van der Waals surface area (Å²) >= 11 is 0. The molecule has 7 nitrogen and oxygen atoms in total. The lowest BCUT2D eigenvalue weighted by atomic mass is 10.0. The number of hydrogen-bond acceptors (Lipinski definition) is 6. The number of benzene rings is 3. The van der Waals surface area contributed by atoms with Gasteiger partial charge in [-0.15, -0.1) is 0 Å². The molecule has 0 radical (unpaired) electrons. The molecular weight excluding hydrogens is 394 g/mol. The van der Waals surface area contributed by atoms with Crippen LogP contribution < -0.4 is 19.6 Å². The molecule has 0 aliphatic rings. The Bertz CT molecular complexity index is 1100. The first-order valence-electron chi connectivity index (χ1n) is 9.41. The molecule has 0 aromatic heterocycles. The third-order valence-corrected chi connectivity index (χ3v) is 4.40. The van der Waals surface area contributed by atoms with Gasteiger partial charge in [0.15, 0.2) is 18.1 Å². The van der Waals surface area contributed by atoms with Crippen LogP contribution in [0.4, 0.5) is 0 Å². The Morgan fingerprint density at radius 1 is 1.00 bits per heavy atom. The summed E-state index contributed by atoms with van der Waals surface area (Å²) in [7, 11) is 3.09. The van der Waals surface area contributed by atoms with Crippen LogP contribution in [-0.2, 0) is 4.79 Å². The fraction of sp³-hybridized carbons (Fsp3) is 0.125. The van der Waals surface area contributed by atoms with Gasteiger partial charge in [-0.05, 0) is 47.5 Å². The van der Waals surface area contributed by atoms with Gasteiger partial charge in [-0.1, -0.05) is 30.3 Å². The smallest absolute Gasteiger partial charge is 0.277 e. The average Bonchev–Trinajstić information content (AvgIpc) is 2.83. The van der Waals surface area contributed by atoms with E-state index in [2.05, 4.69) is 16.6 Å². The Morgan fingerprint density at radius 3 is 2.29 bits per heavy atom. The van der Waals surface area contributed by atoms with E-state index >= 15 is 0 Å². The second kappa shape index (κ2) is 10.5. The van der Waals surface area contributed by atoms with Gasteiger partial charge in [-0.2, -0.15) is 10.4 Å². The van der Waals surface area contributed by atoms with E-state index in [0.717, 1.165) is 11.1 Å². The number of amides is 1. The second-order valence-electron chi connectivity index (χ2n) is 6.38. The third kappa shape index (κ3) is 5.61. The fourth-order valence-electron chi connectivity index (χ4n) is 2.85. The highest BCUT2D eigenvalue weighted by molar-refractivity contribution is 5.86. The van der Waals surface area contributed by atoms with Crippen LogP contribution in [-0.4, -0.2) is 32.9 Å². The van der Waals surface area contributed by atoms with Gasteiger partial charge in [0.05, 0.1) is 32.1 Å². The molecule has 0 bridgehead atoms. The summed E-state index contributed by atoms with van der Waals surface area (Å²) in [6.07, 6.45) is 1.48. The van der Waals surface area contributed by atoms with Gasteiger partial charge < -0.3 is 14.2 Å². The van der Waals surface area contributed by atoms with E-state index in [9.17, 15) is 4.79 Å². The highest BCUT2D eigenvalue weighted by Gasteiger charge is 2.08. The van der Waals surface area contributed by atoms with E-state index in [1.165, 1.54) is 13.3 Å². The second-order valence-corrected chi connectivity index (χ2v) is 6.38. The van der Waals surface area contributed by atoms with Gasteiger partial charge in [0, 0.05) is 5.56 Å². The van der Waals surface area contributed by atoms with E-state index < -0.39 is 5.91 Å². The Hall–Kier alpha value is -4.31. The van der Waals surface area contributed by atoms with Gasteiger partial charge in [-0.25, -0.2) is 5.43 Å². The number of nitrogens with one attached hydrogen (secondary N) is 1. The maximum atomic E-state index is 12.0. The maximum Gasteiger partial charge on any atom is 0.277 e. The summed E-state index contributed by atoms with van der Waals surface area (Å²) in [4.78, 5) is 12.0. The summed E-state index contributed by atoms with van der Waals surface area (Å²) in [5.41, 5.74) is 5.68. The molecule has 0 heterocycles. The third-order valence-electron chi connectivity index (χ3n) is 4.40. The van der Waals surface area contributed by atoms with Gasteiger partial charge in [-0.3, -0.25) is 4.79 Å². The van der Waals surface area contributed by atoms with Crippen LogP contribution in [0, 0.1) is 11.3 Å². The topological polar surface area (TPSA) is 92.9 Å². The van der Waals surface area contributed by atoms with Crippen LogP contribution in [0.25, 0.3) is 11.1 Å². The summed E-state index contributed by atoms with van der Waals surface area (Å²) in [5.74, 6) is 1.27. The van der Waals surface area contributed by atoms with Crippen molar-refractivity contribution in [1.29, 1.82) is 5.26 Å². The molecule has 7 heteroatoms. The van der Waals surface area contributed by atoms with Crippen LogP contribution in [0.2, 0.25) is 0 Å². The molecule has 3 aromatic carbocycles. The molecule has 156 valence electrons. The Morgan fingerprint density at radius 2 is 1.68 bits per heavy atom. The molecule has 1 N–H and O–H groups in total. The number of para-hydroxylation sites is 1. The number of rotatable bonds is 8. The van der Waals surface area contributed by atoms with Gasteiger partial charge in [0.25, 0.3) is 5.91 Å². The molecule has 3 rings (SSSR count). The van der Waals surface area contributed by atoms with Crippen molar-refractivity contribution in [3.8, 4) is 34.4 Å². The molecule has 0 fully saturated rings. The molecule has 0 saturated carbocycles. The number of carbonyl (C=O) groups excluding carboxylic acids is 1. The van der Waals surface area contributed by atoms with Crippen molar-refractivity contribution < 1.29 is 19.0 Å². The molecule has 0 aliphatic carbocycles. The molecule has 3 aromatic rings. The maximum absolute atomic E-state index is 12.0. The first kappa shape index (κ1) is 21.4. The minimum absolute atomic E-state index is 0.178. The Balaban J connectivity index is 1.53. The first-order valence-corrected chi connectivity index (χ1v) is 9.41. The van der Waals surface area contributed by atoms with Crippen molar-refractivity contribution in [2.24, 2.45) is 5.10 Å². The first-order chi connectivity index (χ1) is 15.1. The average molecular weight is 415 g/mol. The minimum atomic E-state index is -0.394. The van der Waals surface area contributed by atoms with E-state index in [-0.39, 0.29) is 6.61 Å². The molecule has 0 spiro atoms. The highest BCUT2D eigenvalue weighted by atomic mass is 16.5. The molecule has 0 saturated heterocycles. The predicted octanol–water partition coefficient (Wildman–Crippen LogP) is 3.77. The SMILES string of the molecule is COc1cccc(/C=N/NC(=O)COc2ccc(-c3ccc(C#N)cc3)cc2)c1OC. The van der Waals surface area contributed by atoms with E-state index in [4.69, 9.17) is 19.5 Å². The molecule has 0 atom stereocenters. The lowest BCUT2D eigenvalue weighted by Gasteiger charge is -2.09. The lowest BCUT2D eigenvalue weighted by Crippen LogP contribution is -2.24. The normalized spacial score (nSPS) is 10.4. The summed E-state index contributed by atoms with van der Waals surface area (Å²) in [5, 5.41) is 12.8. The van der Waals surface area contributed by atoms with E-state index in [1.807, 2.05) is 24.3 Å². The van der Waals surface area contributed by atoms with Gasteiger partial charge in [0.2, 0.25) is 0 Å². The standard InChI is InChI=1S/C24H21N3O4/c1-29-22-5-3-4-20(24(22)30-2)15-26-27-23(28)16-31-21-12-10-19(11-13-21)18-8-6-17(14-25)7-9-18/h3-13,15H,16H2,1-2H3,(H,27,28)/b26-15+. The minimum Gasteiger partial charge on any atom is -0.493 e. The molecular formula is C24H21N3O4. The zero-order chi connectivity index (χ0) is 22.1. The number of hydrogen-bond donors (Lipinski definition) is 1. The van der Waals surface area contributed by atoms with Crippen molar-refractivity contribution in [2.45, 2.75) is 0 Å². The number of ether oxygens (including phenoxy) is 3. The molecule has 1 amide bonds.